The van der Waals surface area contributed by atoms with Crippen LogP contribution < -0.4 is 5.32 Å². The number of aromatic hydroxyl groups is 1. The number of nitrogens with one attached hydrogen (secondary N) is 1. The molecule has 0 radical (unpaired) electrons. The number of rotatable bonds is 4. The van der Waals surface area contributed by atoms with Crippen molar-refractivity contribution in [2.45, 2.75) is 31.7 Å². The minimum atomic E-state index is -0.610. The maximum atomic E-state index is 12.0. The van der Waals surface area contributed by atoms with Crippen molar-refractivity contribution in [2.24, 2.45) is 0 Å². The van der Waals surface area contributed by atoms with E-state index in [0.29, 0.717) is 0 Å². The van der Waals surface area contributed by atoms with Crippen LogP contribution in [0.1, 0.15) is 31.2 Å². The molecule has 0 spiro atoms. The molecular weight excluding hydrogens is 286 g/mol. The number of nitro groups is 1. The van der Waals surface area contributed by atoms with Crippen molar-refractivity contribution in [3.63, 3.8) is 0 Å². The highest BCUT2D eigenvalue weighted by Crippen LogP contribution is 2.25. The van der Waals surface area contributed by atoms with Crippen molar-refractivity contribution in [1.29, 1.82) is 5.26 Å². The molecule has 1 aliphatic carbocycles. The third kappa shape index (κ3) is 3.61. The van der Waals surface area contributed by atoms with Crippen LogP contribution in [-0.4, -0.2) is 22.0 Å². The minimum absolute atomic E-state index is 0.0583. The van der Waals surface area contributed by atoms with Gasteiger partial charge in [-0.05, 0) is 25.0 Å². The van der Waals surface area contributed by atoms with E-state index in [1.165, 1.54) is 0 Å². The maximum absolute atomic E-state index is 12.0. The molecular formula is C15H15N3O4. The second-order valence-corrected chi connectivity index (χ2v) is 5.12. The van der Waals surface area contributed by atoms with Gasteiger partial charge in [-0.1, -0.05) is 12.8 Å². The summed E-state index contributed by atoms with van der Waals surface area (Å²) in [5.41, 5.74) is -0.354. The van der Waals surface area contributed by atoms with E-state index in [9.17, 15) is 20.0 Å². The Hall–Kier alpha value is -2.88. The Morgan fingerprint density at radius 3 is 2.73 bits per heavy atom. The number of hydrogen-bond donors (Lipinski definition) is 2. The van der Waals surface area contributed by atoms with Crippen molar-refractivity contribution in [2.75, 3.05) is 0 Å². The van der Waals surface area contributed by atoms with Crippen LogP contribution in [0.3, 0.4) is 0 Å². The first-order valence-corrected chi connectivity index (χ1v) is 6.91. The van der Waals surface area contributed by atoms with Crippen LogP contribution in [0.5, 0.6) is 5.75 Å². The Kier molecular flexibility index (Phi) is 4.73. The summed E-state index contributed by atoms with van der Waals surface area (Å²) >= 11 is 0. The molecule has 2 N–H and O–H groups in total. The Morgan fingerprint density at radius 2 is 2.14 bits per heavy atom. The zero-order valence-electron chi connectivity index (χ0n) is 11.8. The van der Waals surface area contributed by atoms with Gasteiger partial charge in [0.2, 0.25) is 0 Å². The Morgan fingerprint density at radius 1 is 1.45 bits per heavy atom. The number of nitrogens with zero attached hydrogens (tertiary/aromatic N) is 2. The molecule has 114 valence electrons. The van der Waals surface area contributed by atoms with Gasteiger partial charge in [0.1, 0.15) is 17.4 Å². The van der Waals surface area contributed by atoms with Crippen LogP contribution in [0.25, 0.3) is 6.08 Å². The highest BCUT2D eigenvalue weighted by atomic mass is 16.6. The van der Waals surface area contributed by atoms with Crippen molar-refractivity contribution < 1.29 is 14.8 Å². The molecule has 0 atom stereocenters. The molecule has 7 heteroatoms. The van der Waals surface area contributed by atoms with Crippen molar-refractivity contribution >= 4 is 17.7 Å². The smallest absolute Gasteiger partial charge is 0.270 e. The van der Waals surface area contributed by atoms with Crippen LogP contribution in [0.15, 0.2) is 23.8 Å². The lowest BCUT2D eigenvalue weighted by atomic mass is 10.1. The number of phenols is 1. The van der Waals surface area contributed by atoms with Gasteiger partial charge >= 0.3 is 0 Å². The first kappa shape index (κ1) is 15.5. The molecule has 1 fully saturated rings. The second kappa shape index (κ2) is 6.72. The third-order valence-corrected chi connectivity index (χ3v) is 3.58. The van der Waals surface area contributed by atoms with Crippen molar-refractivity contribution in [3.05, 3.63) is 39.4 Å². The number of carbonyl (C=O) groups excluding carboxylic acids is 1. The third-order valence-electron chi connectivity index (χ3n) is 3.58. The lowest BCUT2D eigenvalue weighted by molar-refractivity contribution is -0.384. The largest absolute Gasteiger partial charge is 0.507 e. The first-order valence-electron chi connectivity index (χ1n) is 6.91. The number of hydrogen-bond acceptors (Lipinski definition) is 5. The second-order valence-electron chi connectivity index (χ2n) is 5.12. The van der Waals surface area contributed by atoms with E-state index in [2.05, 4.69) is 5.32 Å². The standard InChI is InChI=1S/C15H15N3O4/c16-9-11(15(20)17-12-3-1-2-4-12)7-10-8-13(18(21)22)5-6-14(10)19/h5-8,12,19H,1-4H2,(H,17,20)/b11-7-. The van der Waals surface area contributed by atoms with Crippen molar-refractivity contribution in [1.82, 2.24) is 5.32 Å². The number of phenolic OH excluding ortho intramolecular Hbond substituents is 1. The highest BCUT2D eigenvalue weighted by molar-refractivity contribution is 6.02. The summed E-state index contributed by atoms with van der Waals surface area (Å²) in [4.78, 5) is 22.2. The minimum Gasteiger partial charge on any atom is -0.507 e. The van der Waals surface area contributed by atoms with Crippen LogP contribution in [0, 0.1) is 21.4 Å². The van der Waals surface area contributed by atoms with Gasteiger partial charge in [-0.3, -0.25) is 14.9 Å². The first-order chi connectivity index (χ1) is 10.5. The van der Waals surface area contributed by atoms with Gasteiger partial charge < -0.3 is 10.4 Å². The van der Waals surface area contributed by atoms with E-state index < -0.39 is 10.8 Å². The molecule has 7 nitrogen and oxygen atoms in total. The predicted molar refractivity (Wildman–Crippen MR) is 78.7 cm³/mol. The number of nitro benzene ring substituents is 1. The number of amides is 1. The normalized spacial score (nSPS) is 15.3. The quantitative estimate of drug-likeness (QED) is 0.383. The molecule has 0 aromatic heterocycles. The summed E-state index contributed by atoms with van der Waals surface area (Å²) in [6, 6.07) is 5.26. The molecule has 1 amide bonds. The number of non-ortho nitro benzene ring substituents is 1. The SMILES string of the molecule is N#C/C(=C/c1cc([N+](=O)[O-])ccc1O)C(=O)NC1CCCC1. The van der Waals surface area contributed by atoms with Gasteiger partial charge in [-0.2, -0.15) is 5.26 Å². The van der Waals surface area contributed by atoms with Crippen LogP contribution in [0.4, 0.5) is 5.69 Å². The molecule has 1 aromatic rings. The zero-order valence-corrected chi connectivity index (χ0v) is 11.8. The van der Waals surface area contributed by atoms with Gasteiger partial charge in [0, 0.05) is 23.7 Å². The summed E-state index contributed by atoms with van der Waals surface area (Å²) < 4.78 is 0. The van der Waals surface area contributed by atoms with Gasteiger partial charge in [-0.15, -0.1) is 0 Å². The van der Waals surface area contributed by atoms with Gasteiger partial charge in [-0.25, -0.2) is 0 Å². The van der Waals surface area contributed by atoms with Gasteiger partial charge in [0.15, 0.2) is 0 Å². The lowest BCUT2D eigenvalue weighted by Gasteiger charge is -2.11. The fraction of sp³-hybridized carbons (Fsp3) is 0.333. The van der Waals surface area contributed by atoms with E-state index in [-0.39, 0.29) is 28.6 Å². The maximum Gasteiger partial charge on any atom is 0.270 e. The van der Waals surface area contributed by atoms with Crippen LogP contribution >= 0.6 is 0 Å². The van der Waals surface area contributed by atoms with E-state index in [1.807, 2.05) is 0 Å². The summed E-state index contributed by atoms with van der Waals surface area (Å²) in [7, 11) is 0. The molecule has 0 unspecified atom stereocenters. The summed E-state index contributed by atoms with van der Waals surface area (Å²) in [6.45, 7) is 0. The number of carbonyl (C=O) groups is 1. The van der Waals surface area contributed by atoms with Crippen molar-refractivity contribution in [3.8, 4) is 11.8 Å². The topological polar surface area (TPSA) is 116 Å². The Labute approximate surface area is 127 Å². The van der Waals surface area contributed by atoms with E-state index >= 15 is 0 Å². The fourth-order valence-corrected chi connectivity index (χ4v) is 2.41. The molecule has 0 heterocycles. The van der Waals surface area contributed by atoms with E-state index in [0.717, 1.165) is 50.0 Å². The Balaban J connectivity index is 2.24. The highest BCUT2D eigenvalue weighted by Gasteiger charge is 2.20. The molecule has 2 rings (SSSR count). The van der Waals surface area contributed by atoms with Crippen LogP contribution in [-0.2, 0) is 4.79 Å². The average molecular weight is 301 g/mol. The molecule has 1 aromatic carbocycles. The fourth-order valence-electron chi connectivity index (χ4n) is 2.41. The van der Waals surface area contributed by atoms with E-state index in [4.69, 9.17) is 5.26 Å². The Bertz CT molecular complexity index is 670. The summed E-state index contributed by atoms with van der Waals surface area (Å²) in [5.74, 6) is -0.757. The van der Waals surface area contributed by atoms with Crippen LogP contribution in [0.2, 0.25) is 0 Å². The monoisotopic (exact) mass is 301 g/mol. The summed E-state index contributed by atoms with van der Waals surface area (Å²) in [5, 5.41) is 32.3. The molecule has 1 aliphatic rings. The molecule has 22 heavy (non-hydrogen) atoms. The van der Waals surface area contributed by atoms with Gasteiger partial charge in [0.05, 0.1) is 4.92 Å². The summed E-state index contributed by atoms with van der Waals surface area (Å²) in [6.07, 6.45) is 5.01. The average Bonchev–Trinajstić information content (AvgIpc) is 2.98. The number of benzene rings is 1. The lowest BCUT2D eigenvalue weighted by Crippen LogP contribution is -2.33. The molecule has 0 aliphatic heterocycles. The van der Waals surface area contributed by atoms with Gasteiger partial charge in [0.25, 0.3) is 11.6 Å². The van der Waals surface area contributed by atoms with E-state index in [1.54, 1.807) is 6.07 Å². The molecule has 0 saturated heterocycles. The number of nitriles is 1. The zero-order chi connectivity index (χ0) is 16.1. The predicted octanol–water partition coefficient (Wildman–Crippen LogP) is 2.27. The molecule has 1 saturated carbocycles. The molecule has 0 bridgehead atoms.